The van der Waals surface area contributed by atoms with E-state index in [-0.39, 0.29) is 5.82 Å². The Morgan fingerprint density at radius 3 is 2.74 bits per heavy atom. The second kappa shape index (κ2) is 6.50. The molecule has 5 heteroatoms. The molecular weight excluding hydrogens is 327 g/mol. The first-order chi connectivity index (χ1) is 9.10. The van der Waals surface area contributed by atoms with Crippen LogP contribution in [-0.4, -0.2) is 13.6 Å². The summed E-state index contributed by atoms with van der Waals surface area (Å²) in [5, 5.41) is 2.03. The molecule has 2 N–H and O–H groups in total. The lowest BCUT2D eigenvalue weighted by Crippen LogP contribution is -2.17. The zero-order chi connectivity index (χ0) is 13.8. The first-order valence-electron chi connectivity index (χ1n) is 6.02. The molecule has 2 aromatic rings. The summed E-state index contributed by atoms with van der Waals surface area (Å²) in [4.78, 5) is 3.11. The second-order valence-corrected chi connectivity index (χ2v) is 6.32. The predicted octanol–water partition coefficient (Wildman–Crippen LogP) is 3.79. The van der Waals surface area contributed by atoms with E-state index in [0.29, 0.717) is 25.2 Å². The molecular formula is C14H16BrFN2S. The van der Waals surface area contributed by atoms with E-state index in [2.05, 4.69) is 22.0 Å². The lowest BCUT2D eigenvalue weighted by molar-refractivity contribution is 0.620. The molecule has 0 spiro atoms. The number of hydrogen-bond acceptors (Lipinski definition) is 3. The van der Waals surface area contributed by atoms with Crippen molar-refractivity contribution in [1.29, 1.82) is 0 Å². The fraction of sp³-hybridized carbons (Fsp3) is 0.286. The maximum Gasteiger partial charge on any atom is 0.146 e. The number of nitrogens with zero attached hydrogens (tertiary/aromatic N) is 1. The number of anilines is 1. The van der Waals surface area contributed by atoms with Crippen molar-refractivity contribution in [3.8, 4) is 0 Å². The third-order valence-corrected chi connectivity index (χ3v) is 4.55. The maximum atomic E-state index is 14.0. The van der Waals surface area contributed by atoms with Crippen LogP contribution in [0.2, 0.25) is 0 Å². The highest BCUT2D eigenvalue weighted by Gasteiger charge is 2.10. The Morgan fingerprint density at radius 2 is 2.16 bits per heavy atom. The molecule has 1 aromatic carbocycles. The summed E-state index contributed by atoms with van der Waals surface area (Å²) in [7, 11) is 1.90. The van der Waals surface area contributed by atoms with E-state index in [1.807, 2.05) is 29.5 Å². The highest BCUT2D eigenvalue weighted by atomic mass is 79.9. The van der Waals surface area contributed by atoms with Gasteiger partial charge in [-0.15, -0.1) is 11.3 Å². The molecule has 0 saturated heterocycles. The summed E-state index contributed by atoms with van der Waals surface area (Å²) in [5.41, 5.74) is 7.03. The van der Waals surface area contributed by atoms with Gasteiger partial charge in [0.1, 0.15) is 5.82 Å². The molecule has 0 amide bonds. The quantitative estimate of drug-likeness (QED) is 0.895. The Bertz CT molecular complexity index is 556. The first-order valence-corrected chi connectivity index (χ1v) is 7.70. The van der Waals surface area contributed by atoms with Crippen molar-refractivity contribution in [1.82, 2.24) is 0 Å². The van der Waals surface area contributed by atoms with Crippen molar-refractivity contribution in [2.75, 3.05) is 18.5 Å². The third-order valence-electron chi connectivity index (χ3n) is 2.87. The van der Waals surface area contributed by atoms with Gasteiger partial charge >= 0.3 is 0 Å². The third kappa shape index (κ3) is 3.78. The molecule has 0 radical (unpaired) electrons. The van der Waals surface area contributed by atoms with Gasteiger partial charge in [-0.2, -0.15) is 0 Å². The molecule has 0 unspecified atom stereocenters. The molecule has 1 aromatic heterocycles. The van der Waals surface area contributed by atoms with Crippen LogP contribution in [0.25, 0.3) is 0 Å². The average molecular weight is 343 g/mol. The van der Waals surface area contributed by atoms with E-state index in [1.54, 1.807) is 17.4 Å². The standard InChI is InChI=1S/C14H16BrFN2S/c1-18(8-12-7-11(15)9-19-12)14-3-2-10(4-5-17)6-13(14)16/h2-3,6-7,9H,4-5,8,17H2,1H3. The zero-order valence-electron chi connectivity index (χ0n) is 10.7. The fourth-order valence-electron chi connectivity index (χ4n) is 1.94. The Labute approximate surface area is 125 Å². The molecule has 0 atom stereocenters. The number of halogens is 2. The Balaban J connectivity index is 2.12. The molecule has 0 aliphatic heterocycles. The van der Waals surface area contributed by atoms with Crippen molar-refractivity contribution in [3.63, 3.8) is 0 Å². The lowest BCUT2D eigenvalue weighted by atomic mass is 10.1. The molecule has 0 saturated carbocycles. The van der Waals surface area contributed by atoms with E-state index in [1.165, 1.54) is 4.88 Å². The predicted molar refractivity (Wildman–Crippen MR) is 83.3 cm³/mol. The van der Waals surface area contributed by atoms with E-state index >= 15 is 0 Å². The van der Waals surface area contributed by atoms with Crippen molar-refractivity contribution in [2.45, 2.75) is 13.0 Å². The van der Waals surface area contributed by atoms with Gasteiger partial charge in [0.25, 0.3) is 0 Å². The molecule has 19 heavy (non-hydrogen) atoms. The van der Waals surface area contributed by atoms with Gasteiger partial charge in [0.15, 0.2) is 0 Å². The minimum absolute atomic E-state index is 0.191. The minimum Gasteiger partial charge on any atom is -0.367 e. The van der Waals surface area contributed by atoms with Gasteiger partial charge in [-0.1, -0.05) is 6.07 Å². The smallest absolute Gasteiger partial charge is 0.146 e. The molecule has 1 heterocycles. The summed E-state index contributed by atoms with van der Waals surface area (Å²) in [6.45, 7) is 1.24. The van der Waals surface area contributed by atoms with Gasteiger partial charge in [0.05, 0.1) is 12.2 Å². The summed E-state index contributed by atoms with van der Waals surface area (Å²) in [6.07, 6.45) is 0.707. The highest BCUT2D eigenvalue weighted by molar-refractivity contribution is 9.10. The molecule has 0 bridgehead atoms. The average Bonchev–Trinajstić information content (AvgIpc) is 2.75. The van der Waals surface area contributed by atoms with Crippen molar-refractivity contribution in [3.05, 3.63) is 50.4 Å². The van der Waals surface area contributed by atoms with Crippen LogP contribution < -0.4 is 10.6 Å². The maximum absolute atomic E-state index is 14.0. The normalized spacial score (nSPS) is 10.7. The zero-order valence-corrected chi connectivity index (χ0v) is 13.1. The fourth-order valence-corrected chi connectivity index (χ4v) is 3.44. The Morgan fingerprint density at radius 1 is 1.37 bits per heavy atom. The van der Waals surface area contributed by atoms with Crippen LogP contribution in [0.5, 0.6) is 0 Å². The van der Waals surface area contributed by atoms with Gasteiger partial charge in [0, 0.05) is 21.8 Å². The van der Waals surface area contributed by atoms with Gasteiger partial charge in [0.2, 0.25) is 0 Å². The van der Waals surface area contributed by atoms with Crippen LogP contribution in [-0.2, 0) is 13.0 Å². The van der Waals surface area contributed by atoms with Gasteiger partial charge in [-0.3, -0.25) is 0 Å². The van der Waals surface area contributed by atoms with Crippen LogP contribution >= 0.6 is 27.3 Å². The second-order valence-electron chi connectivity index (χ2n) is 4.41. The first kappa shape index (κ1) is 14.5. The molecule has 2 rings (SSSR count). The van der Waals surface area contributed by atoms with E-state index in [0.717, 1.165) is 10.0 Å². The monoisotopic (exact) mass is 342 g/mol. The summed E-state index contributed by atoms with van der Waals surface area (Å²) >= 11 is 5.09. The summed E-state index contributed by atoms with van der Waals surface area (Å²) in [6, 6.07) is 7.39. The molecule has 102 valence electrons. The van der Waals surface area contributed by atoms with Crippen LogP contribution in [0, 0.1) is 5.82 Å². The summed E-state index contributed by atoms with van der Waals surface area (Å²) in [5.74, 6) is -0.191. The van der Waals surface area contributed by atoms with Crippen LogP contribution in [0.15, 0.2) is 34.1 Å². The van der Waals surface area contributed by atoms with Crippen LogP contribution in [0.3, 0.4) is 0 Å². The molecule has 0 aliphatic rings. The van der Waals surface area contributed by atoms with Crippen LogP contribution in [0.1, 0.15) is 10.4 Å². The summed E-state index contributed by atoms with van der Waals surface area (Å²) < 4.78 is 15.1. The Kier molecular flexibility index (Phi) is 4.96. The highest BCUT2D eigenvalue weighted by Crippen LogP contribution is 2.25. The van der Waals surface area contributed by atoms with Gasteiger partial charge in [-0.05, 0) is 52.7 Å². The number of thiophene rings is 1. The number of benzene rings is 1. The van der Waals surface area contributed by atoms with E-state index in [9.17, 15) is 4.39 Å². The lowest BCUT2D eigenvalue weighted by Gasteiger charge is -2.19. The molecule has 0 fully saturated rings. The van der Waals surface area contributed by atoms with Crippen molar-refractivity contribution < 1.29 is 4.39 Å². The minimum atomic E-state index is -0.191. The number of rotatable bonds is 5. The van der Waals surface area contributed by atoms with Crippen molar-refractivity contribution >= 4 is 33.0 Å². The van der Waals surface area contributed by atoms with Crippen molar-refractivity contribution in [2.24, 2.45) is 5.73 Å². The topological polar surface area (TPSA) is 29.3 Å². The van der Waals surface area contributed by atoms with Gasteiger partial charge in [-0.25, -0.2) is 4.39 Å². The molecule has 2 nitrogen and oxygen atoms in total. The SMILES string of the molecule is CN(Cc1cc(Br)cs1)c1ccc(CCN)cc1F. The number of nitrogens with two attached hydrogens (primary N) is 1. The van der Waals surface area contributed by atoms with E-state index < -0.39 is 0 Å². The molecule has 0 aliphatic carbocycles. The Hall–Kier alpha value is -0.910. The van der Waals surface area contributed by atoms with Gasteiger partial charge < -0.3 is 10.6 Å². The largest absolute Gasteiger partial charge is 0.367 e. The van der Waals surface area contributed by atoms with Crippen LogP contribution in [0.4, 0.5) is 10.1 Å². The number of hydrogen-bond donors (Lipinski definition) is 1. The van der Waals surface area contributed by atoms with E-state index in [4.69, 9.17) is 5.73 Å².